The highest BCUT2D eigenvalue weighted by Crippen LogP contribution is 2.19. The molecule has 1 aliphatic rings. The zero-order valence-corrected chi connectivity index (χ0v) is 18.7. The van der Waals surface area contributed by atoms with Crippen LogP contribution in [-0.2, 0) is 20.1 Å². The summed E-state index contributed by atoms with van der Waals surface area (Å²) >= 11 is 1.85. The first-order valence-electron chi connectivity index (χ1n) is 8.90. The second-order valence-electron chi connectivity index (χ2n) is 6.58. The summed E-state index contributed by atoms with van der Waals surface area (Å²) in [5, 5.41) is 13.2. The van der Waals surface area contributed by atoms with Crippen LogP contribution in [0.3, 0.4) is 0 Å². The molecule has 0 bridgehead atoms. The van der Waals surface area contributed by atoms with Crippen LogP contribution in [0.1, 0.15) is 23.4 Å². The van der Waals surface area contributed by atoms with Crippen LogP contribution in [0.5, 0.6) is 0 Å². The molecular formula is C18H29IN6S. The molecule has 0 aliphatic carbocycles. The van der Waals surface area contributed by atoms with E-state index in [4.69, 9.17) is 0 Å². The first-order valence-corrected chi connectivity index (χ1v) is 9.78. The van der Waals surface area contributed by atoms with Crippen molar-refractivity contribution in [3.63, 3.8) is 0 Å². The van der Waals surface area contributed by atoms with E-state index in [2.05, 4.69) is 43.1 Å². The fourth-order valence-corrected chi connectivity index (χ4v) is 4.04. The van der Waals surface area contributed by atoms with Gasteiger partial charge < -0.3 is 10.6 Å². The molecule has 3 heterocycles. The lowest BCUT2D eigenvalue weighted by atomic mass is 9.98. The van der Waals surface area contributed by atoms with Gasteiger partial charge in [0, 0.05) is 44.8 Å². The van der Waals surface area contributed by atoms with Gasteiger partial charge >= 0.3 is 0 Å². The zero-order valence-electron chi connectivity index (χ0n) is 15.5. The van der Waals surface area contributed by atoms with Gasteiger partial charge in [0.25, 0.3) is 0 Å². The summed E-state index contributed by atoms with van der Waals surface area (Å²) in [5.74, 6) is 1.53. The van der Waals surface area contributed by atoms with Crippen LogP contribution >= 0.6 is 35.3 Å². The second-order valence-corrected chi connectivity index (χ2v) is 7.61. The zero-order chi connectivity index (χ0) is 17.5. The van der Waals surface area contributed by atoms with E-state index in [9.17, 15) is 0 Å². The predicted octanol–water partition coefficient (Wildman–Crippen LogP) is 2.68. The average Bonchev–Trinajstić information content (AvgIpc) is 3.27. The molecule has 3 rings (SSSR count). The number of hydrogen-bond donors (Lipinski definition) is 2. The molecule has 2 aromatic rings. The van der Waals surface area contributed by atoms with Gasteiger partial charge in [0.2, 0.25) is 0 Å². The Hall–Kier alpha value is -1.13. The number of likely N-dealkylation sites (tertiary alicyclic amines) is 1. The van der Waals surface area contributed by atoms with Crippen molar-refractivity contribution >= 4 is 41.3 Å². The lowest BCUT2D eigenvalue weighted by Gasteiger charge is -2.32. The normalized spacial score (nSPS) is 18.4. The van der Waals surface area contributed by atoms with E-state index in [0.29, 0.717) is 5.92 Å². The van der Waals surface area contributed by atoms with Gasteiger partial charge in [0.05, 0.1) is 12.2 Å². The molecule has 8 heteroatoms. The lowest BCUT2D eigenvalue weighted by Crippen LogP contribution is -2.44. The SMILES string of the molecule is CN=C(NCc1ccnn1C)NCC1CCCN(Cc2cccs2)C1.I. The topological polar surface area (TPSA) is 57.5 Å². The van der Waals surface area contributed by atoms with Crippen molar-refractivity contribution in [1.29, 1.82) is 0 Å². The van der Waals surface area contributed by atoms with Crippen LogP contribution in [0.25, 0.3) is 0 Å². The first kappa shape index (κ1) is 21.2. The molecule has 26 heavy (non-hydrogen) atoms. The molecule has 1 saturated heterocycles. The molecule has 1 atom stereocenters. The fraction of sp³-hybridized carbons (Fsp3) is 0.556. The van der Waals surface area contributed by atoms with Gasteiger partial charge in [-0.1, -0.05) is 6.07 Å². The van der Waals surface area contributed by atoms with Crippen molar-refractivity contribution in [2.75, 3.05) is 26.7 Å². The van der Waals surface area contributed by atoms with Crippen molar-refractivity contribution in [2.45, 2.75) is 25.9 Å². The van der Waals surface area contributed by atoms with Gasteiger partial charge in [0.15, 0.2) is 5.96 Å². The number of piperidine rings is 1. The van der Waals surface area contributed by atoms with Crippen LogP contribution in [0.15, 0.2) is 34.8 Å². The average molecular weight is 488 g/mol. The Kier molecular flexibility index (Phi) is 8.86. The van der Waals surface area contributed by atoms with E-state index >= 15 is 0 Å². The molecule has 2 N–H and O–H groups in total. The van der Waals surface area contributed by atoms with Gasteiger partial charge in [-0.2, -0.15) is 5.10 Å². The van der Waals surface area contributed by atoms with Crippen LogP contribution in [0.2, 0.25) is 0 Å². The molecule has 144 valence electrons. The summed E-state index contributed by atoms with van der Waals surface area (Å²) < 4.78 is 1.88. The number of halogens is 1. The Balaban J connectivity index is 0.00000243. The van der Waals surface area contributed by atoms with E-state index in [1.165, 1.54) is 24.3 Å². The summed E-state index contributed by atoms with van der Waals surface area (Å²) in [4.78, 5) is 8.37. The number of rotatable bonds is 6. The first-order chi connectivity index (χ1) is 12.2. The van der Waals surface area contributed by atoms with Crippen molar-refractivity contribution < 1.29 is 0 Å². The third-order valence-corrected chi connectivity index (χ3v) is 5.57. The molecule has 2 aromatic heterocycles. The van der Waals surface area contributed by atoms with Gasteiger partial charge in [-0.3, -0.25) is 14.6 Å². The van der Waals surface area contributed by atoms with Crippen molar-refractivity contribution in [1.82, 2.24) is 25.3 Å². The molecule has 0 spiro atoms. The number of hydrogen-bond acceptors (Lipinski definition) is 4. The Morgan fingerprint density at radius 1 is 1.38 bits per heavy atom. The van der Waals surface area contributed by atoms with E-state index in [0.717, 1.165) is 37.8 Å². The number of nitrogens with zero attached hydrogens (tertiary/aromatic N) is 4. The maximum absolute atomic E-state index is 4.33. The van der Waals surface area contributed by atoms with E-state index in [-0.39, 0.29) is 24.0 Å². The number of thiophene rings is 1. The number of aryl methyl sites for hydroxylation is 1. The largest absolute Gasteiger partial charge is 0.356 e. The molecule has 1 fully saturated rings. The molecule has 0 aromatic carbocycles. The molecule has 0 saturated carbocycles. The van der Waals surface area contributed by atoms with Crippen LogP contribution in [-0.4, -0.2) is 47.3 Å². The predicted molar refractivity (Wildman–Crippen MR) is 119 cm³/mol. The lowest BCUT2D eigenvalue weighted by molar-refractivity contribution is 0.169. The molecule has 1 unspecified atom stereocenters. The Morgan fingerprint density at radius 3 is 2.96 bits per heavy atom. The third-order valence-electron chi connectivity index (χ3n) is 4.70. The van der Waals surface area contributed by atoms with Crippen molar-refractivity contribution in [3.05, 3.63) is 40.3 Å². The summed E-state index contributed by atoms with van der Waals surface area (Å²) in [7, 11) is 3.78. The summed E-state index contributed by atoms with van der Waals surface area (Å²) in [6.45, 7) is 5.14. The van der Waals surface area contributed by atoms with Gasteiger partial charge in [0.1, 0.15) is 0 Å². The maximum atomic E-state index is 4.33. The number of guanidine groups is 1. The molecule has 6 nitrogen and oxygen atoms in total. The van der Waals surface area contributed by atoms with E-state index in [1.807, 2.05) is 42.4 Å². The minimum Gasteiger partial charge on any atom is -0.356 e. The Bertz CT molecular complexity index is 669. The maximum Gasteiger partial charge on any atom is 0.191 e. The smallest absolute Gasteiger partial charge is 0.191 e. The summed E-state index contributed by atoms with van der Waals surface area (Å²) in [5.41, 5.74) is 1.14. The quantitative estimate of drug-likeness (QED) is 0.373. The van der Waals surface area contributed by atoms with Crippen molar-refractivity contribution in [3.8, 4) is 0 Å². The minimum absolute atomic E-state index is 0. The molecule has 1 aliphatic heterocycles. The van der Waals surface area contributed by atoms with Gasteiger partial charge in [-0.15, -0.1) is 35.3 Å². The number of aliphatic imine (C=N–C) groups is 1. The molecular weight excluding hydrogens is 459 g/mol. The van der Waals surface area contributed by atoms with Crippen LogP contribution in [0, 0.1) is 5.92 Å². The van der Waals surface area contributed by atoms with Crippen LogP contribution in [0.4, 0.5) is 0 Å². The van der Waals surface area contributed by atoms with Gasteiger partial charge in [-0.25, -0.2) is 0 Å². The van der Waals surface area contributed by atoms with E-state index < -0.39 is 0 Å². The Morgan fingerprint density at radius 2 is 2.27 bits per heavy atom. The monoisotopic (exact) mass is 488 g/mol. The summed E-state index contributed by atoms with van der Waals surface area (Å²) in [6, 6.07) is 6.39. The highest BCUT2D eigenvalue weighted by molar-refractivity contribution is 14.0. The third kappa shape index (κ3) is 6.24. The summed E-state index contributed by atoms with van der Waals surface area (Å²) in [6.07, 6.45) is 4.38. The van der Waals surface area contributed by atoms with Gasteiger partial charge in [-0.05, 0) is 42.8 Å². The number of aromatic nitrogens is 2. The minimum atomic E-state index is 0. The van der Waals surface area contributed by atoms with Crippen LogP contribution < -0.4 is 10.6 Å². The standard InChI is InChI=1S/C18H28N6S.HI/c1-19-18(21-12-16-7-8-22-23(16)2)20-11-15-5-3-9-24(13-15)14-17-6-4-10-25-17;/h4,6-8,10,15H,3,5,9,11-14H2,1-2H3,(H2,19,20,21);1H. The Labute approximate surface area is 177 Å². The van der Waals surface area contributed by atoms with Crippen molar-refractivity contribution in [2.24, 2.45) is 18.0 Å². The highest BCUT2D eigenvalue weighted by atomic mass is 127. The second kappa shape index (κ2) is 10.9. The fourth-order valence-electron chi connectivity index (χ4n) is 3.30. The number of nitrogens with one attached hydrogen (secondary N) is 2. The molecule has 0 radical (unpaired) electrons. The van der Waals surface area contributed by atoms with E-state index in [1.54, 1.807) is 0 Å². The molecule has 0 amide bonds. The highest BCUT2D eigenvalue weighted by Gasteiger charge is 2.20.